The van der Waals surface area contributed by atoms with Crippen LogP contribution in [0.2, 0.25) is 0 Å². The summed E-state index contributed by atoms with van der Waals surface area (Å²) < 4.78 is 18.9. The zero-order chi connectivity index (χ0) is 24.1. The Labute approximate surface area is 208 Å². The number of benzene rings is 3. The fraction of sp³-hybridized carbons (Fsp3) is 0.400. The average Bonchev–Trinajstić information content (AvgIpc) is 3.32. The van der Waals surface area contributed by atoms with Crippen LogP contribution in [0.25, 0.3) is 0 Å². The van der Waals surface area contributed by atoms with E-state index < -0.39 is 0 Å². The van der Waals surface area contributed by atoms with Gasteiger partial charge in [0.25, 0.3) is 0 Å². The molecule has 35 heavy (non-hydrogen) atoms. The molecular weight excluding hydrogens is 438 g/mol. The van der Waals surface area contributed by atoms with Crippen LogP contribution in [0.4, 0.5) is 0 Å². The fourth-order valence-corrected chi connectivity index (χ4v) is 5.80. The molecule has 3 aromatic carbocycles. The van der Waals surface area contributed by atoms with E-state index in [1.165, 1.54) is 0 Å². The van der Waals surface area contributed by atoms with E-state index in [0.717, 1.165) is 29.5 Å². The molecular formula is C30H35NO4. The third-order valence-electron chi connectivity index (χ3n) is 7.66. The zero-order valence-corrected chi connectivity index (χ0v) is 20.4. The van der Waals surface area contributed by atoms with Crippen molar-refractivity contribution in [3.63, 3.8) is 0 Å². The molecule has 0 unspecified atom stereocenters. The lowest BCUT2D eigenvalue weighted by Gasteiger charge is -2.48. The summed E-state index contributed by atoms with van der Waals surface area (Å²) in [6.45, 7) is 3.83. The van der Waals surface area contributed by atoms with Crippen LogP contribution >= 0.6 is 0 Å². The summed E-state index contributed by atoms with van der Waals surface area (Å²) in [7, 11) is 0. The Morgan fingerprint density at radius 2 is 1.17 bits per heavy atom. The summed E-state index contributed by atoms with van der Waals surface area (Å²) in [6.07, 6.45) is 1.15. The Morgan fingerprint density at radius 1 is 0.686 bits per heavy atom. The van der Waals surface area contributed by atoms with Crippen molar-refractivity contribution in [1.82, 2.24) is 0 Å². The van der Waals surface area contributed by atoms with Crippen molar-refractivity contribution in [3.05, 3.63) is 113 Å². The Hall–Kier alpha value is -2.54. The molecule has 3 aromatic rings. The predicted molar refractivity (Wildman–Crippen MR) is 136 cm³/mol. The molecule has 2 heterocycles. The molecule has 0 bridgehead atoms. The number of ether oxygens (including phenoxy) is 3. The van der Waals surface area contributed by atoms with Crippen molar-refractivity contribution in [2.24, 2.45) is 0 Å². The van der Waals surface area contributed by atoms with E-state index >= 15 is 0 Å². The van der Waals surface area contributed by atoms with E-state index in [9.17, 15) is 5.21 Å². The van der Waals surface area contributed by atoms with Crippen LogP contribution < -0.4 is 0 Å². The van der Waals surface area contributed by atoms with Crippen molar-refractivity contribution in [2.45, 2.75) is 69.9 Å². The van der Waals surface area contributed by atoms with Gasteiger partial charge in [0, 0.05) is 12.8 Å². The summed E-state index contributed by atoms with van der Waals surface area (Å²) in [4.78, 5) is 0. The third kappa shape index (κ3) is 5.20. The number of fused-ring (bicyclic) bond motifs is 1. The lowest BCUT2D eigenvalue weighted by molar-refractivity contribution is -0.927. The van der Waals surface area contributed by atoms with Gasteiger partial charge in [-0.05, 0) is 23.6 Å². The van der Waals surface area contributed by atoms with Gasteiger partial charge in [0.15, 0.2) is 0 Å². The van der Waals surface area contributed by atoms with E-state index in [2.05, 4.69) is 31.2 Å². The predicted octanol–water partition coefficient (Wildman–Crippen LogP) is 5.62. The molecule has 5 rings (SSSR count). The minimum Gasteiger partial charge on any atom is -0.632 e. The van der Waals surface area contributed by atoms with Crippen molar-refractivity contribution in [3.8, 4) is 0 Å². The maximum atomic E-state index is 14.5. The molecule has 0 spiro atoms. The normalized spacial score (nSPS) is 29.8. The van der Waals surface area contributed by atoms with Crippen LogP contribution in [0.3, 0.4) is 0 Å². The summed E-state index contributed by atoms with van der Waals surface area (Å²) in [5.74, 6) is 0. The lowest BCUT2D eigenvalue weighted by Crippen LogP contribution is -2.56. The molecule has 2 fully saturated rings. The molecule has 0 aromatic heterocycles. The van der Waals surface area contributed by atoms with Crippen molar-refractivity contribution in [2.75, 3.05) is 6.61 Å². The van der Waals surface area contributed by atoms with Gasteiger partial charge in [0.2, 0.25) is 0 Å². The number of rotatable bonds is 10. The maximum Gasteiger partial charge on any atom is 0.144 e. The average molecular weight is 474 g/mol. The highest BCUT2D eigenvalue weighted by atomic mass is 16.6. The molecule has 0 saturated carbocycles. The molecule has 2 aliphatic rings. The largest absolute Gasteiger partial charge is 0.632 e. The first-order valence-corrected chi connectivity index (χ1v) is 12.7. The third-order valence-corrected chi connectivity index (χ3v) is 7.66. The first-order chi connectivity index (χ1) is 17.2. The Kier molecular flexibility index (Phi) is 7.61. The SMILES string of the molecule is C[C@H]1CC[C@@H]2[C@@H](OCc3ccccc3)[C@H](OCc3ccccc3)[C@@H](COCc3ccccc3)[N@@+]21[O-]. The van der Waals surface area contributed by atoms with E-state index in [1.807, 2.05) is 66.7 Å². The molecule has 0 amide bonds. The molecule has 184 valence electrons. The molecule has 5 nitrogen and oxygen atoms in total. The first kappa shape index (κ1) is 24.2. The van der Waals surface area contributed by atoms with Gasteiger partial charge in [0.1, 0.15) is 30.9 Å². The van der Waals surface area contributed by atoms with Gasteiger partial charge in [-0.2, -0.15) is 0 Å². The molecule has 2 aliphatic heterocycles. The molecule has 0 aliphatic carbocycles. The van der Waals surface area contributed by atoms with Crippen LogP contribution in [-0.4, -0.2) is 41.6 Å². The van der Waals surface area contributed by atoms with Crippen LogP contribution in [0.5, 0.6) is 0 Å². The molecule has 2 saturated heterocycles. The topological polar surface area (TPSA) is 50.8 Å². The van der Waals surface area contributed by atoms with Gasteiger partial charge in [0.05, 0.1) is 25.9 Å². The quantitative estimate of drug-likeness (QED) is 0.283. The van der Waals surface area contributed by atoms with Crippen LogP contribution in [0.15, 0.2) is 91.0 Å². The second-order valence-corrected chi connectivity index (χ2v) is 9.85. The summed E-state index contributed by atoms with van der Waals surface area (Å²) in [5.41, 5.74) is 3.30. The molecule has 0 N–H and O–H groups in total. The molecule has 5 heteroatoms. The highest BCUT2D eigenvalue weighted by Gasteiger charge is 2.62. The van der Waals surface area contributed by atoms with Crippen molar-refractivity contribution < 1.29 is 18.9 Å². The summed E-state index contributed by atoms with van der Waals surface area (Å²) in [5, 5.41) is 14.5. The number of hydrogen-bond donors (Lipinski definition) is 0. The minimum absolute atomic E-state index is 0.00141. The van der Waals surface area contributed by atoms with Crippen LogP contribution in [0.1, 0.15) is 36.5 Å². The number of nitrogens with zero attached hydrogens (tertiary/aromatic N) is 1. The summed E-state index contributed by atoms with van der Waals surface area (Å²) >= 11 is 0. The summed E-state index contributed by atoms with van der Waals surface area (Å²) in [6, 6.07) is 29.9. The number of quaternary nitrogens is 1. The maximum absolute atomic E-state index is 14.5. The van der Waals surface area contributed by atoms with Gasteiger partial charge in [-0.1, -0.05) is 91.0 Å². The highest BCUT2D eigenvalue weighted by Crippen LogP contribution is 2.47. The van der Waals surface area contributed by atoms with Crippen LogP contribution in [0, 0.1) is 5.21 Å². The smallest absolute Gasteiger partial charge is 0.144 e. The number of hydrogen-bond acceptors (Lipinski definition) is 4. The van der Waals surface area contributed by atoms with E-state index in [1.54, 1.807) is 0 Å². The van der Waals surface area contributed by atoms with E-state index in [0.29, 0.717) is 26.4 Å². The molecule has 0 radical (unpaired) electrons. The standard InChI is InChI=1S/C30H35NO4/c1-23-17-18-27-29(34-20-25-13-7-3-8-14-25)30(35-21-26-15-9-4-10-16-26)28(31(23,27)32)22-33-19-24-11-5-2-6-12-24/h2-16,23,27-30H,17-22H2,1H3/t23-,27+,28+,29+,30+,31-/m0/s1. The fourth-order valence-electron chi connectivity index (χ4n) is 5.80. The monoisotopic (exact) mass is 473 g/mol. The van der Waals surface area contributed by atoms with Gasteiger partial charge in [-0.3, -0.25) is 0 Å². The lowest BCUT2D eigenvalue weighted by atomic mass is 10.0. The van der Waals surface area contributed by atoms with Crippen LogP contribution in [-0.2, 0) is 34.0 Å². The number of hydroxylamine groups is 3. The zero-order valence-electron chi connectivity index (χ0n) is 20.4. The van der Waals surface area contributed by atoms with Gasteiger partial charge < -0.3 is 24.1 Å². The van der Waals surface area contributed by atoms with Crippen molar-refractivity contribution >= 4 is 0 Å². The van der Waals surface area contributed by atoms with Gasteiger partial charge >= 0.3 is 0 Å². The Morgan fingerprint density at radius 3 is 1.71 bits per heavy atom. The van der Waals surface area contributed by atoms with Gasteiger partial charge in [-0.15, -0.1) is 0 Å². The second kappa shape index (κ2) is 11.0. The molecule has 6 atom stereocenters. The van der Waals surface area contributed by atoms with Gasteiger partial charge in [-0.25, -0.2) is 0 Å². The van der Waals surface area contributed by atoms with E-state index in [4.69, 9.17) is 14.2 Å². The Balaban J connectivity index is 1.37. The van der Waals surface area contributed by atoms with Crippen molar-refractivity contribution in [1.29, 1.82) is 0 Å². The Bertz CT molecular complexity index is 1050. The first-order valence-electron chi connectivity index (χ1n) is 12.7. The van der Waals surface area contributed by atoms with E-state index in [-0.39, 0.29) is 35.0 Å². The highest BCUT2D eigenvalue weighted by molar-refractivity contribution is 5.15. The minimum atomic E-state index is -0.333. The second-order valence-electron chi connectivity index (χ2n) is 9.85.